The second-order valence-corrected chi connectivity index (χ2v) is 9.36. The summed E-state index contributed by atoms with van der Waals surface area (Å²) < 4.78 is 0. The van der Waals surface area contributed by atoms with E-state index in [1.165, 1.54) is 30.8 Å². The molecule has 0 spiro atoms. The van der Waals surface area contributed by atoms with Crippen LogP contribution in [0.4, 0.5) is 0 Å². The lowest BCUT2D eigenvalue weighted by molar-refractivity contribution is -0.143. The van der Waals surface area contributed by atoms with Crippen molar-refractivity contribution in [3.05, 3.63) is 29.8 Å². The molecular formula is C23H34N4O9S. The third-order valence-electron chi connectivity index (χ3n) is 5.30. The Kier molecular flexibility index (Phi) is 13.4. The molecule has 5 atom stereocenters. The van der Waals surface area contributed by atoms with Crippen LogP contribution in [0.5, 0.6) is 5.75 Å². The van der Waals surface area contributed by atoms with Crippen molar-refractivity contribution in [3.63, 3.8) is 0 Å². The molecule has 0 heterocycles. The average Bonchev–Trinajstić information content (AvgIpc) is 2.82. The van der Waals surface area contributed by atoms with E-state index in [0.29, 0.717) is 11.3 Å². The number of aliphatic hydroxyl groups is 1. The zero-order valence-corrected chi connectivity index (χ0v) is 21.4. The molecule has 1 aromatic carbocycles. The minimum atomic E-state index is -1.48. The molecule has 0 aliphatic heterocycles. The SMILES string of the molecule is CSCCC(NC(=O)C(NC(=O)C(N)Cc1ccc(O)cc1)C(C)O)C(=O)NC(CCC(=O)O)C(=O)O. The number of aliphatic hydroxyl groups excluding tert-OH is 1. The highest BCUT2D eigenvalue weighted by molar-refractivity contribution is 7.98. The number of carbonyl (C=O) groups is 5. The Labute approximate surface area is 218 Å². The van der Waals surface area contributed by atoms with Crippen LogP contribution < -0.4 is 21.7 Å². The van der Waals surface area contributed by atoms with Crippen molar-refractivity contribution < 1.29 is 44.4 Å². The third-order valence-corrected chi connectivity index (χ3v) is 5.94. The molecule has 5 unspecified atom stereocenters. The number of amides is 3. The zero-order valence-electron chi connectivity index (χ0n) is 20.5. The predicted molar refractivity (Wildman–Crippen MR) is 135 cm³/mol. The Balaban J connectivity index is 2.90. The molecule has 9 N–H and O–H groups in total. The first-order valence-corrected chi connectivity index (χ1v) is 12.8. The van der Waals surface area contributed by atoms with E-state index in [4.69, 9.17) is 10.8 Å². The summed E-state index contributed by atoms with van der Waals surface area (Å²) in [6, 6.07) is 0.779. The summed E-state index contributed by atoms with van der Waals surface area (Å²) in [5.41, 5.74) is 6.59. The number of benzene rings is 1. The van der Waals surface area contributed by atoms with Gasteiger partial charge in [0.25, 0.3) is 0 Å². The minimum absolute atomic E-state index is 0.0456. The zero-order chi connectivity index (χ0) is 28.1. The molecule has 206 valence electrons. The normalized spacial score (nSPS) is 14.9. The van der Waals surface area contributed by atoms with Gasteiger partial charge in [-0.1, -0.05) is 12.1 Å². The second-order valence-electron chi connectivity index (χ2n) is 8.38. The molecule has 0 fully saturated rings. The van der Waals surface area contributed by atoms with Gasteiger partial charge in [0.05, 0.1) is 12.1 Å². The largest absolute Gasteiger partial charge is 0.508 e. The maximum atomic E-state index is 12.9. The summed E-state index contributed by atoms with van der Waals surface area (Å²) in [5.74, 6) is -4.68. The van der Waals surface area contributed by atoms with E-state index in [0.717, 1.165) is 0 Å². The van der Waals surface area contributed by atoms with E-state index < -0.39 is 66.4 Å². The average molecular weight is 543 g/mol. The molecule has 13 nitrogen and oxygen atoms in total. The lowest BCUT2D eigenvalue weighted by Gasteiger charge is -2.26. The van der Waals surface area contributed by atoms with Crippen molar-refractivity contribution in [2.24, 2.45) is 5.73 Å². The van der Waals surface area contributed by atoms with Crippen LogP contribution in [-0.4, -0.2) is 92.4 Å². The van der Waals surface area contributed by atoms with Gasteiger partial charge in [-0.3, -0.25) is 19.2 Å². The molecule has 0 radical (unpaired) electrons. The monoisotopic (exact) mass is 542 g/mol. The molecule has 0 saturated carbocycles. The van der Waals surface area contributed by atoms with Crippen LogP contribution in [0.15, 0.2) is 24.3 Å². The number of nitrogens with one attached hydrogen (secondary N) is 3. The van der Waals surface area contributed by atoms with Gasteiger partial charge in [-0.15, -0.1) is 0 Å². The summed E-state index contributed by atoms with van der Waals surface area (Å²) in [6.45, 7) is 1.26. The number of hydrogen-bond donors (Lipinski definition) is 8. The summed E-state index contributed by atoms with van der Waals surface area (Å²) in [5, 5.41) is 44.6. The Morgan fingerprint density at radius 1 is 0.919 bits per heavy atom. The van der Waals surface area contributed by atoms with Crippen molar-refractivity contribution in [3.8, 4) is 5.75 Å². The molecule has 0 saturated heterocycles. The van der Waals surface area contributed by atoms with Gasteiger partial charge in [0, 0.05) is 6.42 Å². The van der Waals surface area contributed by atoms with E-state index in [2.05, 4.69) is 16.0 Å². The summed E-state index contributed by atoms with van der Waals surface area (Å²) in [6.07, 6.45) is -0.254. The van der Waals surface area contributed by atoms with Gasteiger partial charge in [-0.25, -0.2) is 4.79 Å². The molecule has 14 heteroatoms. The van der Waals surface area contributed by atoms with E-state index in [9.17, 15) is 39.3 Å². The Morgan fingerprint density at radius 3 is 2.03 bits per heavy atom. The van der Waals surface area contributed by atoms with Gasteiger partial charge in [-0.2, -0.15) is 11.8 Å². The van der Waals surface area contributed by atoms with Crippen molar-refractivity contribution in [1.82, 2.24) is 16.0 Å². The van der Waals surface area contributed by atoms with Crippen molar-refractivity contribution >= 4 is 41.4 Å². The van der Waals surface area contributed by atoms with E-state index in [1.807, 2.05) is 0 Å². The number of carboxylic acids is 2. The fourth-order valence-corrected chi connectivity index (χ4v) is 3.68. The maximum Gasteiger partial charge on any atom is 0.326 e. The fraction of sp³-hybridized carbons (Fsp3) is 0.522. The number of rotatable bonds is 16. The number of aliphatic carboxylic acids is 2. The standard InChI is InChI=1S/C23H34N4O9S/c1-12(28)19(27-20(32)15(24)11-13-3-5-14(29)6-4-13)22(34)25-16(9-10-37-2)21(33)26-17(23(35)36)7-8-18(30)31/h3-6,12,15-17,19,28-29H,7-11,24H2,1-2H3,(H,25,34)(H,26,33)(H,27,32)(H,30,31)(H,35,36). The Bertz CT molecular complexity index is 943. The van der Waals surface area contributed by atoms with Gasteiger partial charge < -0.3 is 42.1 Å². The highest BCUT2D eigenvalue weighted by atomic mass is 32.2. The van der Waals surface area contributed by atoms with E-state index in [1.54, 1.807) is 18.4 Å². The quantitative estimate of drug-likeness (QED) is 0.124. The molecule has 3 amide bonds. The van der Waals surface area contributed by atoms with Crippen LogP contribution in [0, 0.1) is 0 Å². The topological polar surface area (TPSA) is 228 Å². The van der Waals surface area contributed by atoms with Gasteiger partial charge in [0.15, 0.2) is 0 Å². The van der Waals surface area contributed by atoms with E-state index >= 15 is 0 Å². The predicted octanol–water partition coefficient (Wildman–Crippen LogP) is -1.20. The number of phenols is 1. The Hall–Kier alpha value is -3.36. The molecule has 0 aliphatic rings. The first-order chi connectivity index (χ1) is 17.3. The smallest absolute Gasteiger partial charge is 0.326 e. The molecule has 0 aliphatic carbocycles. The molecule has 37 heavy (non-hydrogen) atoms. The lowest BCUT2D eigenvalue weighted by atomic mass is 10.0. The number of carboxylic acid groups (broad SMARTS) is 2. The molecular weight excluding hydrogens is 508 g/mol. The first kappa shape index (κ1) is 31.7. The summed E-state index contributed by atoms with van der Waals surface area (Å²) in [4.78, 5) is 60.5. The first-order valence-electron chi connectivity index (χ1n) is 11.4. The fourth-order valence-electron chi connectivity index (χ4n) is 3.21. The van der Waals surface area contributed by atoms with Crippen LogP contribution in [0.2, 0.25) is 0 Å². The van der Waals surface area contributed by atoms with Crippen molar-refractivity contribution in [1.29, 1.82) is 0 Å². The summed E-state index contributed by atoms with van der Waals surface area (Å²) >= 11 is 1.37. The molecule has 1 aromatic rings. The molecule has 0 aromatic heterocycles. The maximum absolute atomic E-state index is 12.9. The van der Waals surface area contributed by atoms with Gasteiger partial charge in [-0.05, 0) is 55.9 Å². The number of carbonyl (C=O) groups excluding carboxylic acids is 3. The van der Waals surface area contributed by atoms with Crippen LogP contribution >= 0.6 is 11.8 Å². The van der Waals surface area contributed by atoms with Crippen molar-refractivity contribution in [2.45, 2.75) is 62.9 Å². The number of nitrogens with two attached hydrogens (primary N) is 1. The lowest BCUT2D eigenvalue weighted by Crippen LogP contribution is -2.60. The number of hydrogen-bond acceptors (Lipinski definition) is 9. The van der Waals surface area contributed by atoms with Gasteiger partial charge in [0.1, 0.15) is 23.9 Å². The van der Waals surface area contributed by atoms with Gasteiger partial charge in [0.2, 0.25) is 17.7 Å². The highest BCUT2D eigenvalue weighted by Crippen LogP contribution is 2.11. The number of aromatic hydroxyl groups is 1. The van der Waals surface area contributed by atoms with Gasteiger partial charge >= 0.3 is 11.9 Å². The third kappa shape index (κ3) is 11.5. The highest BCUT2D eigenvalue weighted by Gasteiger charge is 2.32. The Morgan fingerprint density at radius 2 is 1.51 bits per heavy atom. The molecule has 1 rings (SSSR count). The molecule has 0 bridgehead atoms. The van der Waals surface area contributed by atoms with E-state index in [-0.39, 0.29) is 25.0 Å². The minimum Gasteiger partial charge on any atom is -0.508 e. The second kappa shape index (κ2) is 15.7. The number of phenolic OH excluding ortho intramolecular Hbond substituents is 1. The van der Waals surface area contributed by atoms with Crippen LogP contribution in [0.3, 0.4) is 0 Å². The number of thioether (sulfide) groups is 1. The van der Waals surface area contributed by atoms with Crippen LogP contribution in [0.25, 0.3) is 0 Å². The van der Waals surface area contributed by atoms with Crippen LogP contribution in [0.1, 0.15) is 31.7 Å². The van der Waals surface area contributed by atoms with Crippen molar-refractivity contribution in [2.75, 3.05) is 12.0 Å². The summed E-state index contributed by atoms with van der Waals surface area (Å²) in [7, 11) is 0. The van der Waals surface area contributed by atoms with Crippen LogP contribution in [-0.2, 0) is 30.4 Å².